The van der Waals surface area contributed by atoms with Crippen LogP contribution < -0.4 is 15.5 Å². The molecule has 2 heterocycles. The second-order valence-corrected chi connectivity index (χ2v) is 6.81. The van der Waals surface area contributed by atoms with Gasteiger partial charge in [-0.2, -0.15) is 0 Å². The number of amides is 3. The lowest BCUT2D eigenvalue weighted by molar-refractivity contribution is -0.118. The molecule has 3 rings (SSSR count). The van der Waals surface area contributed by atoms with Crippen LogP contribution in [0, 0.1) is 0 Å². The van der Waals surface area contributed by atoms with Gasteiger partial charge in [0.25, 0.3) is 0 Å². The van der Waals surface area contributed by atoms with Crippen molar-refractivity contribution in [3.63, 3.8) is 0 Å². The van der Waals surface area contributed by atoms with E-state index in [1.807, 2.05) is 48.2 Å². The van der Waals surface area contributed by atoms with E-state index in [2.05, 4.69) is 0 Å². The number of nitrogens with zero attached hydrogens (tertiary/aromatic N) is 4. The van der Waals surface area contributed by atoms with Gasteiger partial charge in [-0.3, -0.25) is 9.69 Å². The number of fused-ring (bicyclic) bond motifs is 1. The van der Waals surface area contributed by atoms with Crippen LogP contribution in [-0.4, -0.2) is 74.6 Å². The molecule has 3 amide bonds. The van der Waals surface area contributed by atoms with Crippen molar-refractivity contribution in [3.05, 3.63) is 24.3 Å². The molecule has 24 heavy (non-hydrogen) atoms. The average molecular weight is 331 g/mol. The summed E-state index contributed by atoms with van der Waals surface area (Å²) < 4.78 is 0. The highest BCUT2D eigenvalue weighted by atomic mass is 16.2. The number of urea groups is 1. The van der Waals surface area contributed by atoms with Crippen LogP contribution in [-0.2, 0) is 4.79 Å². The Kier molecular flexibility index (Phi) is 4.47. The number of carbonyl (C=O) groups is 2. The number of anilines is 2. The molecule has 0 aromatic heterocycles. The van der Waals surface area contributed by atoms with Gasteiger partial charge in [-0.1, -0.05) is 0 Å². The summed E-state index contributed by atoms with van der Waals surface area (Å²) in [6.45, 7) is 1.73. The van der Waals surface area contributed by atoms with Gasteiger partial charge in [0.1, 0.15) is 0 Å². The van der Waals surface area contributed by atoms with Crippen molar-refractivity contribution in [2.45, 2.75) is 18.5 Å². The van der Waals surface area contributed by atoms with Crippen LogP contribution in [0.25, 0.3) is 0 Å². The van der Waals surface area contributed by atoms with Gasteiger partial charge in [0.15, 0.2) is 0 Å². The molecule has 2 fully saturated rings. The van der Waals surface area contributed by atoms with E-state index in [0.29, 0.717) is 13.1 Å². The molecule has 0 unspecified atom stereocenters. The van der Waals surface area contributed by atoms with Crippen molar-refractivity contribution in [2.24, 2.45) is 5.73 Å². The van der Waals surface area contributed by atoms with Gasteiger partial charge in [0.05, 0.1) is 12.6 Å². The maximum atomic E-state index is 12.5. The number of nitrogens with two attached hydrogens (primary N) is 1. The van der Waals surface area contributed by atoms with Gasteiger partial charge in [-0.25, -0.2) is 4.79 Å². The third-order valence-corrected chi connectivity index (χ3v) is 4.82. The highest BCUT2D eigenvalue weighted by Gasteiger charge is 2.44. The largest absolute Gasteiger partial charge is 0.326 e. The Balaban J connectivity index is 1.71. The maximum Gasteiger partial charge on any atom is 0.324 e. The summed E-state index contributed by atoms with van der Waals surface area (Å²) >= 11 is 0. The molecule has 7 nitrogen and oxygen atoms in total. The molecule has 2 saturated heterocycles. The van der Waals surface area contributed by atoms with Crippen molar-refractivity contribution in [1.82, 2.24) is 9.80 Å². The van der Waals surface area contributed by atoms with Gasteiger partial charge in [0, 0.05) is 37.6 Å². The van der Waals surface area contributed by atoms with Gasteiger partial charge >= 0.3 is 6.03 Å². The van der Waals surface area contributed by atoms with Crippen molar-refractivity contribution in [3.8, 4) is 0 Å². The zero-order chi connectivity index (χ0) is 17.4. The molecular weight excluding hydrogens is 306 g/mol. The summed E-state index contributed by atoms with van der Waals surface area (Å²) in [5, 5.41) is 0. The zero-order valence-electron chi connectivity index (χ0n) is 14.5. The van der Waals surface area contributed by atoms with E-state index in [1.165, 1.54) is 0 Å². The number of hydrogen-bond acceptors (Lipinski definition) is 4. The quantitative estimate of drug-likeness (QED) is 0.875. The van der Waals surface area contributed by atoms with Crippen LogP contribution >= 0.6 is 0 Å². The van der Waals surface area contributed by atoms with Crippen LogP contribution in [0.3, 0.4) is 0 Å². The Morgan fingerprint density at radius 3 is 2.50 bits per heavy atom. The Morgan fingerprint density at radius 2 is 1.92 bits per heavy atom. The molecule has 0 bridgehead atoms. The van der Waals surface area contributed by atoms with Crippen LogP contribution in [0.4, 0.5) is 16.2 Å². The van der Waals surface area contributed by atoms with Crippen LogP contribution in [0.1, 0.15) is 6.42 Å². The molecule has 130 valence electrons. The molecule has 1 aromatic rings. The third kappa shape index (κ3) is 2.97. The van der Waals surface area contributed by atoms with Gasteiger partial charge in [0.2, 0.25) is 5.91 Å². The second kappa shape index (κ2) is 6.41. The van der Waals surface area contributed by atoms with Crippen molar-refractivity contribution in [1.29, 1.82) is 0 Å². The molecule has 2 aliphatic heterocycles. The zero-order valence-corrected chi connectivity index (χ0v) is 14.5. The molecule has 0 spiro atoms. The van der Waals surface area contributed by atoms with E-state index >= 15 is 0 Å². The highest BCUT2D eigenvalue weighted by Crippen LogP contribution is 2.30. The topological polar surface area (TPSA) is 73.1 Å². The summed E-state index contributed by atoms with van der Waals surface area (Å²) in [6, 6.07) is 7.73. The van der Waals surface area contributed by atoms with Crippen LogP contribution in [0.15, 0.2) is 24.3 Å². The van der Waals surface area contributed by atoms with Crippen molar-refractivity contribution in [2.75, 3.05) is 50.6 Å². The lowest BCUT2D eigenvalue weighted by Gasteiger charge is -2.21. The maximum absolute atomic E-state index is 12.5. The highest BCUT2D eigenvalue weighted by molar-refractivity contribution is 5.97. The summed E-state index contributed by atoms with van der Waals surface area (Å²) in [7, 11) is 5.49. The molecular formula is C17H25N5O2. The smallest absolute Gasteiger partial charge is 0.324 e. The Bertz CT molecular complexity index is 630. The van der Waals surface area contributed by atoms with E-state index in [4.69, 9.17) is 5.73 Å². The summed E-state index contributed by atoms with van der Waals surface area (Å²) in [4.78, 5) is 31.7. The van der Waals surface area contributed by atoms with E-state index in [9.17, 15) is 9.59 Å². The Morgan fingerprint density at radius 1 is 1.25 bits per heavy atom. The Labute approximate surface area is 142 Å². The van der Waals surface area contributed by atoms with E-state index in [0.717, 1.165) is 24.3 Å². The van der Waals surface area contributed by atoms with E-state index < -0.39 is 0 Å². The predicted molar refractivity (Wildman–Crippen MR) is 94.2 cm³/mol. The third-order valence-electron chi connectivity index (χ3n) is 4.82. The lowest BCUT2D eigenvalue weighted by atomic mass is 10.1. The minimum atomic E-state index is 0.0246. The van der Waals surface area contributed by atoms with E-state index in [-0.39, 0.29) is 24.0 Å². The lowest BCUT2D eigenvalue weighted by Crippen LogP contribution is -2.37. The molecule has 0 radical (unpaired) electrons. The molecule has 7 heteroatoms. The first-order valence-corrected chi connectivity index (χ1v) is 8.23. The number of likely N-dealkylation sites (N-methyl/N-ethyl adjacent to an activating group) is 2. The van der Waals surface area contributed by atoms with Crippen LogP contribution in [0.5, 0.6) is 0 Å². The predicted octanol–water partition coefficient (Wildman–Crippen LogP) is 0.553. The first-order chi connectivity index (χ1) is 11.4. The first-order valence-electron chi connectivity index (χ1n) is 8.23. The monoisotopic (exact) mass is 331 g/mol. The SMILES string of the molecule is CN(C)CC(=O)N(C)c1ccc(N2C[C@@H]3[C@H](N)CCN3C2=O)cc1. The fraction of sp³-hybridized carbons (Fsp3) is 0.529. The molecule has 2 atom stereocenters. The van der Waals surface area contributed by atoms with Crippen LogP contribution in [0.2, 0.25) is 0 Å². The molecule has 0 aliphatic carbocycles. The molecule has 0 saturated carbocycles. The first kappa shape index (κ1) is 16.7. The fourth-order valence-electron chi connectivity index (χ4n) is 3.36. The normalized spacial score (nSPS) is 23.1. The van der Waals surface area contributed by atoms with Gasteiger partial charge < -0.3 is 20.4 Å². The summed E-state index contributed by atoms with van der Waals surface area (Å²) in [5.74, 6) is 0.0246. The van der Waals surface area contributed by atoms with Crippen molar-refractivity contribution >= 4 is 23.3 Å². The molecule has 2 N–H and O–H groups in total. The number of carbonyl (C=O) groups excluding carboxylic acids is 2. The van der Waals surface area contributed by atoms with Crippen molar-refractivity contribution < 1.29 is 9.59 Å². The summed E-state index contributed by atoms with van der Waals surface area (Å²) in [5.41, 5.74) is 7.75. The molecule has 1 aromatic carbocycles. The standard InChI is InChI=1S/C17H25N5O2/c1-19(2)11-16(23)20(3)12-4-6-13(7-5-12)22-10-15-14(18)8-9-21(15)17(22)24/h4-7,14-15H,8-11,18H2,1-3H3/t14-,15-/m1/s1. The number of benzene rings is 1. The fourth-order valence-corrected chi connectivity index (χ4v) is 3.36. The summed E-state index contributed by atoms with van der Waals surface area (Å²) in [6.07, 6.45) is 0.877. The minimum Gasteiger partial charge on any atom is -0.326 e. The minimum absolute atomic E-state index is 0.0246. The van der Waals surface area contributed by atoms with E-state index in [1.54, 1.807) is 16.8 Å². The second-order valence-electron chi connectivity index (χ2n) is 6.81. The van der Waals surface area contributed by atoms with Gasteiger partial charge in [-0.05, 0) is 44.8 Å². The van der Waals surface area contributed by atoms with Gasteiger partial charge in [-0.15, -0.1) is 0 Å². The average Bonchev–Trinajstić information content (AvgIpc) is 3.07. The Hall–Kier alpha value is -2.12. The molecule has 2 aliphatic rings. The number of rotatable bonds is 4. The number of hydrogen-bond donors (Lipinski definition) is 1.